The number of nitrogens with one attached hydrogen (secondary N) is 2. The van der Waals surface area contributed by atoms with Crippen molar-refractivity contribution in [1.82, 2.24) is 10.2 Å². The van der Waals surface area contributed by atoms with E-state index in [1.54, 1.807) is 0 Å². The van der Waals surface area contributed by atoms with Crippen LogP contribution < -0.4 is 5.32 Å². The first kappa shape index (κ1) is 17.0. The molecule has 6 heteroatoms. The molecule has 1 heterocycles. The summed E-state index contributed by atoms with van der Waals surface area (Å²) in [5, 5.41) is 20.4. The third-order valence-corrected chi connectivity index (χ3v) is 5.03. The topological polar surface area (TPSA) is 76.4 Å². The Kier molecular flexibility index (Phi) is 4.92. The molecular formula is C16H22BrN3O2. The average Bonchev–Trinajstić information content (AvgIpc) is 2.43. The fraction of sp³-hybridized carbons (Fsp3) is 0.500. The van der Waals surface area contributed by atoms with Crippen LogP contribution in [0.15, 0.2) is 28.7 Å². The smallest absolute Gasteiger partial charge is 0.322 e. The largest absolute Gasteiger partial charge is 0.389 e. The van der Waals surface area contributed by atoms with Gasteiger partial charge >= 0.3 is 6.03 Å². The molecule has 2 rings (SSSR count). The first-order valence-electron chi connectivity index (χ1n) is 7.34. The maximum atomic E-state index is 12.1. The first-order valence-corrected chi connectivity index (χ1v) is 8.13. The Hall–Kier alpha value is -1.40. The van der Waals surface area contributed by atoms with Gasteiger partial charge in [0.25, 0.3) is 0 Å². The van der Waals surface area contributed by atoms with E-state index in [4.69, 9.17) is 5.41 Å². The summed E-state index contributed by atoms with van der Waals surface area (Å²) < 4.78 is 0.979. The molecule has 22 heavy (non-hydrogen) atoms. The summed E-state index contributed by atoms with van der Waals surface area (Å²) in [6.07, 6.45) is -0.442. The molecule has 1 aromatic carbocycles. The van der Waals surface area contributed by atoms with Crippen LogP contribution in [0.2, 0.25) is 0 Å². The number of likely N-dealkylation sites (tertiary alicyclic amines) is 1. The van der Waals surface area contributed by atoms with Gasteiger partial charge in [-0.2, -0.15) is 0 Å². The fourth-order valence-corrected chi connectivity index (χ4v) is 2.76. The van der Waals surface area contributed by atoms with Crippen molar-refractivity contribution in [3.05, 3.63) is 34.3 Å². The lowest BCUT2D eigenvalue weighted by molar-refractivity contribution is 0.0278. The van der Waals surface area contributed by atoms with E-state index < -0.39 is 11.5 Å². The molecule has 1 unspecified atom stereocenters. The Labute approximate surface area is 139 Å². The van der Waals surface area contributed by atoms with Gasteiger partial charge < -0.3 is 10.0 Å². The second kappa shape index (κ2) is 6.38. The summed E-state index contributed by atoms with van der Waals surface area (Å²) in [5.74, 6) is 0.319. The van der Waals surface area contributed by atoms with E-state index >= 15 is 0 Å². The average molecular weight is 368 g/mol. The summed E-state index contributed by atoms with van der Waals surface area (Å²) in [4.78, 5) is 13.6. The number of amidine groups is 1. The molecule has 0 aliphatic carbocycles. The Bertz CT molecular complexity index is 567. The van der Waals surface area contributed by atoms with Crippen molar-refractivity contribution in [2.24, 2.45) is 5.92 Å². The molecule has 1 aromatic rings. The lowest BCUT2D eigenvalue weighted by Gasteiger charge is -2.39. The molecule has 1 aliphatic rings. The molecule has 120 valence electrons. The summed E-state index contributed by atoms with van der Waals surface area (Å²) in [5.41, 5.74) is 0.402. The Balaban J connectivity index is 2.17. The van der Waals surface area contributed by atoms with E-state index in [9.17, 15) is 9.90 Å². The summed E-state index contributed by atoms with van der Waals surface area (Å²) >= 11 is 3.41. The SMILES string of the molecule is CC(C)C(C)(C(=N)NC(=O)N1CC(O)C1)c1ccc(Br)cc1. The maximum absolute atomic E-state index is 12.1. The van der Waals surface area contributed by atoms with Gasteiger partial charge in [-0.25, -0.2) is 4.79 Å². The van der Waals surface area contributed by atoms with Crippen molar-refractivity contribution in [3.8, 4) is 0 Å². The quantitative estimate of drug-likeness (QED) is 0.567. The van der Waals surface area contributed by atoms with Gasteiger partial charge in [-0.15, -0.1) is 0 Å². The molecule has 3 N–H and O–H groups in total. The molecule has 0 radical (unpaired) electrons. The summed E-state index contributed by atoms with van der Waals surface area (Å²) in [6.45, 7) is 6.70. The van der Waals surface area contributed by atoms with Crippen LogP contribution in [0.3, 0.4) is 0 Å². The van der Waals surface area contributed by atoms with Crippen LogP contribution in [0.1, 0.15) is 26.3 Å². The van der Waals surface area contributed by atoms with E-state index in [0.717, 1.165) is 10.0 Å². The summed E-state index contributed by atoms with van der Waals surface area (Å²) in [7, 11) is 0. The normalized spacial score (nSPS) is 17.8. The van der Waals surface area contributed by atoms with E-state index in [1.165, 1.54) is 4.90 Å². The standard InChI is InChI=1S/C16H22BrN3O2/c1-10(2)16(3,11-4-6-12(17)7-5-11)14(18)19-15(22)20-8-13(21)9-20/h4-7,10,13,21H,8-9H2,1-3H3,(H2,18,19,22). The van der Waals surface area contributed by atoms with Gasteiger partial charge in [-0.3, -0.25) is 10.7 Å². The minimum absolute atomic E-state index is 0.142. The highest BCUT2D eigenvalue weighted by Gasteiger charge is 2.38. The van der Waals surface area contributed by atoms with Crippen molar-refractivity contribution in [3.63, 3.8) is 0 Å². The minimum atomic E-state index is -0.583. The number of nitrogens with zero attached hydrogens (tertiary/aromatic N) is 1. The van der Waals surface area contributed by atoms with Crippen LogP contribution in [0, 0.1) is 11.3 Å². The zero-order valence-corrected chi connectivity index (χ0v) is 14.6. The number of aliphatic hydroxyl groups excluding tert-OH is 1. The van der Waals surface area contributed by atoms with Crippen LogP contribution >= 0.6 is 15.9 Å². The Morgan fingerprint density at radius 2 is 1.95 bits per heavy atom. The molecule has 2 amide bonds. The third-order valence-electron chi connectivity index (χ3n) is 4.50. The molecule has 1 aliphatic heterocycles. The maximum Gasteiger partial charge on any atom is 0.322 e. The molecule has 0 spiro atoms. The number of benzene rings is 1. The molecule has 1 saturated heterocycles. The predicted octanol–water partition coefficient (Wildman–Crippen LogP) is 2.73. The van der Waals surface area contributed by atoms with E-state index in [-0.39, 0.29) is 17.8 Å². The fourth-order valence-electron chi connectivity index (χ4n) is 2.50. The van der Waals surface area contributed by atoms with Gasteiger partial charge in [0.1, 0.15) is 5.84 Å². The second-order valence-corrected chi connectivity index (χ2v) is 7.14. The zero-order valence-electron chi connectivity index (χ0n) is 13.1. The number of hydrogen-bond acceptors (Lipinski definition) is 3. The van der Waals surface area contributed by atoms with Gasteiger partial charge in [-0.1, -0.05) is 41.9 Å². The number of hydrogen-bond donors (Lipinski definition) is 3. The second-order valence-electron chi connectivity index (χ2n) is 6.23. The predicted molar refractivity (Wildman–Crippen MR) is 90.2 cm³/mol. The first-order chi connectivity index (χ1) is 10.2. The van der Waals surface area contributed by atoms with Crippen molar-refractivity contribution < 1.29 is 9.90 Å². The lowest BCUT2D eigenvalue weighted by atomic mass is 9.72. The highest BCUT2D eigenvalue weighted by Crippen LogP contribution is 2.33. The van der Waals surface area contributed by atoms with Gasteiger partial charge in [-0.05, 0) is 30.5 Å². The van der Waals surface area contributed by atoms with Crippen molar-refractivity contribution in [2.75, 3.05) is 13.1 Å². The molecule has 1 fully saturated rings. The number of β-amino-alcohol motifs (C(OH)–C–C–N with tert-alkyl or cyclic N) is 1. The number of rotatable bonds is 3. The molecule has 0 saturated carbocycles. The molecule has 0 aromatic heterocycles. The van der Waals surface area contributed by atoms with Crippen molar-refractivity contribution >= 4 is 27.8 Å². The van der Waals surface area contributed by atoms with Crippen LogP contribution in [0.5, 0.6) is 0 Å². The third kappa shape index (κ3) is 3.17. The number of urea groups is 1. The number of aliphatic hydroxyl groups is 1. The van der Waals surface area contributed by atoms with Gasteiger partial charge in [0.2, 0.25) is 0 Å². The van der Waals surface area contributed by atoms with Crippen LogP contribution in [-0.2, 0) is 5.41 Å². The van der Waals surface area contributed by atoms with Gasteiger partial charge in [0.05, 0.1) is 24.6 Å². The number of carbonyl (C=O) groups is 1. The van der Waals surface area contributed by atoms with E-state index in [1.807, 2.05) is 45.0 Å². The molecule has 5 nitrogen and oxygen atoms in total. The van der Waals surface area contributed by atoms with E-state index in [2.05, 4.69) is 21.2 Å². The summed E-state index contributed by atoms with van der Waals surface area (Å²) in [6, 6.07) is 7.50. The van der Waals surface area contributed by atoms with Crippen LogP contribution in [0.4, 0.5) is 4.79 Å². The lowest BCUT2D eigenvalue weighted by Crippen LogP contribution is -2.59. The van der Waals surface area contributed by atoms with E-state index in [0.29, 0.717) is 13.1 Å². The monoisotopic (exact) mass is 367 g/mol. The molecular weight excluding hydrogens is 346 g/mol. The zero-order chi connectivity index (χ0) is 16.5. The highest BCUT2D eigenvalue weighted by molar-refractivity contribution is 9.10. The van der Waals surface area contributed by atoms with Gasteiger partial charge in [0, 0.05) is 4.47 Å². The van der Waals surface area contributed by atoms with Crippen molar-refractivity contribution in [1.29, 1.82) is 5.41 Å². The van der Waals surface area contributed by atoms with Gasteiger partial charge in [0.15, 0.2) is 0 Å². The minimum Gasteiger partial charge on any atom is -0.389 e. The van der Waals surface area contributed by atoms with Crippen molar-refractivity contribution in [2.45, 2.75) is 32.3 Å². The Morgan fingerprint density at radius 3 is 2.41 bits per heavy atom. The van der Waals surface area contributed by atoms with Crippen LogP contribution in [0.25, 0.3) is 0 Å². The Morgan fingerprint density at radius 1 is 1.41 bits per heavy atom. The molecule has 0 bridgehead atoms. The van der Waals surface area contributed by atoms with Crippen LogP contribution in [-0.4, -0.2) is 41.1 Å². The number of carbonyl (C=O) groups excluding carboxylic acids is 1. The molecule has 1 atom stereocenters. The number of halogens is 1. The highest BCUT2D eigenvalue weighted by atomic mass is 79.9. The number of amides is 2.